The van der Waals surface area contributed by atoms with Crippen LogP contribution < -0.4 is 13.9 Å². The fourth-order valence-corrected chi connectivity index (χ4v) is 2.28. The van der Waals surface area contributed by atoms with Crippen LogP contribution in [-0.2, 0) is 0 Å². The van der Waals surface area contributed by atoms with Crippen LogP contribution in [0, 0.1) is 0 Å². The molecule has 1 aromatic carbocycles. The van der Waals surface area contributed by atoms with Gasteiger partial charge in [-0.25, -0.2) is 0 Å². The van der Waals surface area contributed by atoms with Crippen LogP contribution in [0.2, 0.25) is 0 Å². The van der Waals surface area contributed by atoms with Crippen LogP contribution in [0.3, 0.4) is 0 Å². The molecule has 3 heteroatoms. The van der Waals surface area contributed by atoms with Gasteiger partial charge in [0.15, 0.2) is 23.9 Å². The van der Waals surface area contributed by atoms with Gasteiger partial charge in [0.25, 0.3) is 0 Å². The van der Waals surface area contributed by atoms with E-state index in [-0.39, 0.29) is 0 Å². The van der Waals surface area contributed by atoms with Crippen LogP contribution >= 0.6 is 0 Å². The van der Waals surface area contributed by atoms with Crippen LogP contribution in [0.25, 0.3) is 16.3 Å². The van der Waals surface area contributed by atoms with Gasteiger partial charge in [0.05, 0.1) is 5.39 Å². The van der Waals surface area contributed by atoms with Crippen molar-refractivity contribution in [1.29, 1.82) is 0 Å². The first-order chi connectivity index (χ1) is 8.42. The minimum Gasteiger partial charge on any atom is -0.454 e. The maximum Gasteiger partial charge on any atom is 0.231 e. The van der Waals surface area contributed by atoms with E-state index >= 15 is 0 Å². The SMILES string of the molecule is c1cc[n+]2cc3c4c(ccc3cc2c1)OCO4. The third-order valence-corrected chi connectivity index (χ3v) is 3.11. The number of hydrogen-bond acceptors (Lipinski definition) is 2. The number of pyridine rings is 2. The second kappa shape index (κ2) is 3.10. The van der Waals surface area contributed by atoms with Crippen LogP contribution in [0.15, 0.2) is 48.8 Å². The molecule has 1 aliphatic heterocycles. The molecule has 2 aromatic heterocycles. The summed E-state index contributed by atoms with van der Waals surface area (Å²) in [5.41, 5.74) is 1.17. The van der Waals surface area contributed by atoms with E-state index in [0.717, 1.165) is 16.9 Å². The fraction of sp³-hybridized carbons (Fsp3) is 0.0714. The summed E-state index contributed by atoms with van der Waals surface area (Å²) in [5, 5.41) is 2.25. The van der Waals surface area contributed by atoms with Crippen molar-refractivity contribution in [2.45, 2.75) is 0 Å². The van der Waals surface area contributed by atoms with Gasteiger partial charge in [0.2, 0.25) is 12.3 Å². The molecule has 0 fully saturated rings. The zero-order chi connectivity index (χ0) is 11.2. The monoisotopic (exact) mass is 224 g/mol. The summed E-state index contributed by atoms with van der Waals surface area (Å²) in [5.74, 6) is 1.68. The first-order valence-corrected chi connectivity index (χ1v) is 5.54. The van der Waals surface area contributed by atoms with E-state index in [1.54, 1.807) is 0 Å². The predicted molar refractivity (Wildman–Crippen MR) is 63.2 cm³/mol. The molecule has 0 amide bonds. The summed E-state index contributed by atoms with van der Waals surface area (Å²) in [6, 6.07) is 12.3. The normalized spacial score (nSPS) is 13.4. The summed E-state index contributed by atoms with van der Waals surface area (Å²) < 4.78 is 13.0. The third kappa shape index (κ3) is 1.19. The molecule has 0 aliphatic carbocycles. The summed E-state index contributed by atoms with van der Waals surface area (Å²) in [4.78, 5) is 0. The molecule has 0 N–H and O–H groups in total. The van der Waals surface area contributed by atoms with Crippen molar-refractivity contribution in [1.82, 2.24) is 0 Å². The number of fused-ring (bicyclic) bond motifs is 4. The number of aromatic nitrogens is 1. The van der Waals surface area contributed by atoms with E-state index in [1.165, 1.54) is 10.9 Å². The van der Waals surface area contributed by atoms with E-state index in [2.05, 4.69) is 28.8 Å². The Morgan fingerprint density at radius 3 is 3.06 bits per heavy atom. The first kappa shape index (κ1) is 8.82. The molecule has 0 saturated carbocycles. The molecule has 3 heterocycles. The lowest BCUT2D eigenvalue weighted by atomic mass is 10.1. The molecule has 3 aromatic rings. The van der Waals surface area contributed by atoms with Gasteiger partial charge in [-0.1, -0.05) is 0 Å². The van der Waals surface area contributed by atoms with Gasteiger partial charge < -0.3 is 9.47 Å². The van der Waals surface area contributed by atoms with Gasteiger partial charge in [-0.15, -0.1) is 0 Å². The minimum atomic E-state index is 0.311. The Labute approximate surface area is 97.8 Å². The topological polar surface area (TPSA) is 22.6 Å². The van der Waals surface area contributed by atoms with Crippen molar-refractivity contribution in [3.8, 4) is 11.5 Å². The molecule has 82 valence electrons. The average Bonchev–Trinajstić information content (AvgIpc) is 2.85. The van der Waals surface area contributed by atoms with Crippen LogP contribution in [0.4, 0.5) is 0 Å². The van der Waals surface area contributed by atoms with Gasteiger partial charge in [0, 0.05) is 18.2 Å². The smallest absolute Gasteiger partial charge is 0.231 e. The van der Waals surface area contributed by atoms with Crippen molar-refractivity contribution in [3.63, 3.8) is 0 Å². The Hall–Kier alpha value is -2.29. The lowest BCUT2D eigenvalue weighted by Gasteiger charge is -2.00. The summed E-state index contributed by atoms with van der Waals surface area (Å²) in [6.45, 7) is 0.311. The van der Waals surface area contributed by atoms with E-state index in [0.29, 0.717) is 6.79 Å². The highest BCUT2D eigenvalue weighted by molar-refractivity contribution is 5.91. The standard InChI is InChI=1S/C14H10NO2/c1-2-6-15-8-12-10(7-11(15)3-1)4-5-13-14(12)17-9-16-13/h1-8H,9H2/q+1. The summed E-state index contributed by atoms with van der Waals surface area (Å²) in [7, 11) is 0. The highest BCUT2D eigenvalue weighted by atomic mass is 16.7. The van der Waals surface area contributed by atoms with Gasteiger partial charge in [-0.05, 0) is 23.6 Å². The third-order valence-electron chi connectivity index (χ3n) is 3.11. The van der Waals surface area contributed by atoms with Crippen molar-refractivity contribution >= 4 is 16.3 Å². The van der Waals surface area contributed by atoms with Crippen LogP contribution in [0.5, 0.6) is 11.5 Å². The van der Waals surface area contributed by atoms with Crippen molar-refractivity contribution in [2.24, 2.45) is 0 Å². The van der Waals surface area contributed by atoms with Gasteiger partial charge in [0.1, 0.15) is 0 Å². The molecule has 1 aliphatic rings. The Morgan fingerprint density at radius 2 is 2.06 bits per heavy atom. The molecule has 17 heavy (non-hydrogen) atoms. The second-order valence-electron chi connectivity index (χ2n) is 4.11. The highest BCUT2D eigenvalue weighted by Gasteiger charge is 2.19. The Balaban J connectivity index is 2.17. The van der Waals surface area contributed by atoms with Crippen molar-refractivity contribution in [3.05, 3.63) is 48.8 Å². The van der Waals surface area contributed by atoms with E-state index in [4.69, 9.17) is 9.47 Å². The number of nitrogens with zero attached hydrogens (tertiary/aromatic N) is 1. The molecule has 0 unspecified atom stereocenters. The number of ether oxygens (including phenoxy) is 2. The summed E-state index contributed by atoms with van der Waals surface area (Å²) >= 11 is 0. The predicted octanol–water partition coefficient (Wildman–Crippen LogP) is 2.31. The molecule has 0 atom stereocenters. The van der Waals surface area contributed by atoms with Gasteiger partial charge in [-0.2, -0.15) is 4.40 Å². The number of hydrogen-bond donors (Lipinski definition) is 0. The molecule has 0 radical (unpaired) electrons. The largest absolute Gasteiger partial charge is 0.454 e. The zero-order valence-corrected chi connectivity index (χ0v) is 9.09. The van der Waals surface area contributed by atoms with E-state index in [1.807, 2.05) is 24.4 Å². The maximum absolute atomic E-state index is 5.53. The van der Waals surface area contributed by atoms with E-state index < -0.39 is 0 Å². The summed E-state index contributed by atoms with van der Waals surface area (Å²) in [6.07, 6.45) is 4.11. The van der Waals surface area contributed by atoms with E-state index in [9.17, 15) is 0 Å². The molecule has 3 nitrogen and oxygen atoms in total. The zero-order valence-electron chi connectivity index (χ0n) is 9.09. The molecule has 0 saturated heterocycles. The second-order valence-corrected chi connectivity index (χ2v) is 4.11. The number of benzene rings is 1. The maximum atomic E-state index is 5.53. The van der Waals surface area contributed by atoms with Crippen molar-refractivity contribution < 1.29 is 13.9 Å². The Bertz CT molecular complexity index is 737. The average molecular weight is 224 g/mol. The Kier molecular flexibility index (Phi) is 1.61. The highest BCUT2D eigenvalue weighted by Crippen LogP contribution is 2.38. The fourth-order valence-electron chi connectivity index (χ4n) is 2.28. The lowest BCUT2D eigenvalue weighted by Crippen LogP contribution is -2.19. The Morgan fingerprint density at radius 1 is 1.06 bits per heavy atom. The molecule has 0 bridgehead atoms. The van der Waals surface area contributed by atoms with Gasteiger partial charge in [-0.3, -0.25) is 0 Å². The molecule has 4 rings (SSSR count). The van der Waals surface area contributed by atoms with Crippen LogP contribution in [-0.4, -0.2) is 6.79 Å². The first-order valence-electron chi connectivity index (χ1n) is 5.54. The molecule has 0 spiro atoms. The molecular formula is C14H10NO2+. The molecular weight excluding hydrogens is 214 g/mol. The minimum absolute atomic E-state index is 0.311. The van der Waals surface area contributed by atoms with Gasteiger partial charge >= 0.3 is 0 Å². The van der Waals surface area contributed by atoms with Crippen molar-refractivity contribution in [2.75, 3.05) is 6.79 Å². The lowest BCUT2D eigenvalue weighted by molar-refractivity contribution is -0.510. The number of rotatable bonds is 0. The quantitative estimate of drug-likeness (QED) is 0.432. The van der Waals surface area contributed by atoms with Crippen LogP contribution in [0.1, 0.15) is 0 Å².